The van der Waals surface area contributed by atoms with Gasteiger partial charge in [0.1, 0.15) is 0 Å². The van der Waals surface area contributed by atoms with E-state index in [2.05, 4.69) is 0 Å². The van der Waals surface area contributed by atoms with Crippen LogP contribution in [-0.2, 0) is 5.60 Å². The standard InChI is InChI=1S/C14H20F3NO/c1-10(2)4-3-9-13(19,14(15,16)17)11-5-7-12(18)8-6-11/h5-8,10,19H,3-4,9,18H2,1-2H3. The van der Waals surface area contributed by atoms with E-state index >= 15 is 0 Å². The Kier molecular flexibility index (Phi) is 4.85. The summed E-state index contributed by atoms with van der Waals surface area (Å²) in [6.45, 7) is 3.88. The van der Waals surface area contributed by atoms with Crippen LogP contribution in [0.5, 0.6) is 0 Å². The molecule has 0 bridgehead atoms. The van der Waals surface area contributed by atoms with Gasteiger partial charge in [-0.05, 0) is 36.5 Å². The number of nitrogen functional groups attached to an aromatic ring is 1. The second kappa shape index (κ2) is 5.82. The van der Waals surface area contributed by atoms with Crippen LogP contribution in [0.2, 0.25) is 0 Å². The van der Waals surface area contributed by atoms with Crippen LogP contribution >= 0.6 is 0 Å². The monoisotopic (exact) mass is 275 g/mol. The molecule has 1 aromatic carbocycles. The van der Waals surface area contributed by atoms with Gasteiger partial charge in [0.25, 0.3) is 0 Å². The molecule has 1 atom stereocenters. The van der Waals surface area contributed by atoms with E-state index in [4.69, 9.17) is 5.73 Å². The quantitative estimate of drug-likeness (QED) is 0.802. The maximum Gasteiger partial charge on any atom is 0.421 e. The molecule has 0 aliphatic rings. The van der Waals surface area contributed by atoms with E-state index in [1.54, 1.807) is 0 Å². The van der Waals surface area contributed by atoms with E-state index in [-0.39, 0.29) is 12.0 Å². The highest BCUT2D eigenvalue weighted by Gasteiger charge is 2.54. The number of aliphatic hydroxyl groups is 1. The number of halogens is 3. The smallest absolute Gasteiger partial charge is 0.399 e. The summed E-state index contributed by atoms with van der Waals surface area (Å²) in [7, 11) is 0. The molecule has 0 spiro atoms. The molecule has 0 aliphatic heterocycles. The highest BCUT2D eigenvalue weighted by Crippen LogP contribution is 2.43. The molecule has 0 fully saturated rings. The first-order valence-corrected chi connectivity index (χ1v) is 6.32. The number of hydrogen-bond donors (Lipinski definition) is 2. The van der Waals surface area contributed by atoms with Crippen molar-refractivity contribution in [3.05, 3.63) is 29.8 Å². The van der Waals surface area contributed by atoms with E-state index in [9.17, 15) is 18.3 Å². The molecule has 2 nitrogen and oxygen atoms in total. The highest BCUT2D eigenvalue weighted by molar-refractivity contribution is 5.41. The lowest BCUT2D eigenvalue weighted by molar-refractivity contribution is -0.269. The summed E-state index contributed by atoms with van der Waals surface area (Å²) in [6, 6.07) is 5.21. The van der Waals surface area contributed by atoms with Crippen LogP contribution in [0, 0.1) is 5.92 Å². The van der Waals surface area contributed by atoms with Gasteiger partial charge in [0.05, 0.1) is 0 Å². The summed E-state index contributed by atoms with van der Waals surface area (Å²) in [5.41, 5.74) is 2.88. The molecule has 5 heteroatoms. The Morgan fingerprint density at radius 3 is 2.11 bits per heavy atom. The molecule has 108 valence electrons. The van der Waals surface area contributed by atoms with Crippen LogP contribution in [0.15, 0.2) is 24.3 Å². The summed E-state index contributed by atoms with van der Waals surface area (Å²) < 4.78 is 39.4. The normalized spacial score (nSPS) is 15.5. The van der Waals surface area contributed by atoms with E-state index in [1.807, 2.05) is 13.8 Å². The molecular weight excluding hydrogens is 255 g/mol. The van der Waals surface area contributed by atoms with E-state index in [0.717, 1.165) is 0 Å². The molecule has 1 aromatic rings. The minimum Gasteiger partial charge on any atom is -0.399 e. The number of benzene rings is 1. The molecule has 3 N–H and O–H groups in total. The van der Waals surface area contributed by atoms with Gasteiger partial charge in [-0.2, -0.15) is 13.2 Å². The topological polar surface area (TPSA) is 46.2 Å². The molecule has 0 amide bonds. The van der Waals surface area contributed by atoms with Crippen molar-refractivity contribution >= 4 is 5.69 Å². The third-order valence-corrected chi connectivity index (χ3v) is 3.18. The molecule has 0 aliphatic carbocycles. The van der Waals surface area contributed by atoms with Gasteiger partial charge in [0.2, 0.25) is 0 Å². The molecular formula is C14H20F3NO. The molecule has 0 saturated carbocycles. The van der Waals surface area contributed by atoms with Gasteiger partial charge in [-0.1, -0.05) is 32.4 Å². The lowest BCUT2D eigenvalue weighted by Crippen LogP contribution is -2.42. The van der Waals surface area contributed by atoms with E-state index in [1.165, 1.54) is 24.3 Å². The number of anilines is 1. The van der Waals surface area contributed by atoms with Crippen LogP contribution in [0.25, 0.3) is 0 Å². The minimum atomic E-state index is -4.69. The van der Waals surface area contributed by atoms with Gasteiger partial charge in [-0.25, -0.2) is 0 Å². The third-order valence-electron chi connectivity index (χ3n) is 3.18. The Labute approximate surface area is 111 Å². The SMILES string of the molecule is CC(C)CCCC(O)(c1ccc(N)cc1)C(F)(F)F. The Balaban J connectivity index is 2.96. The van der Waals surface area contributed by atoms with Crippen LogP contribution in [0.4, 0.5) is 18.9 Å². The van der Waals surface area contributed by atoms with Crippen LogP contribution in [-0.4, -0.2) is 11.3 Å². The van der Waals surface area contributed by atoms with Crippen LogP contribution in [0.1, 0.15) is 38.7 Å². The van der Waals surface area contributed by atoms with Gasteiger partial charge >= 0.3 is 6.18 Å². The highest BCUT2D eigenvalue weighted by atomic mass is 19.4. The van der Waals surface area contributed by atoms with E-state index in [0.29, 0.717) is 24.4 Å². The average molecular weight is 275 g/mol. The summed E-state index contributed by atoms with van der Waals surface area (Å²) in [5, 5.41) is 10.1. The van der Waals surface area contributed by atoms with Crippen LogP contribution in [0.3, 0.4) is 0 Å². The molecule has 1 rings (SSSR count). The zero-order chi connectivity index (χ0) is 14.7. The first kappa shape index (κ1) is 15.8. The molecule has 0 saturated heterocycles. The minimum absolute atomic E-state index is 0.155. The van der Waals surface area contributed by atoms with Crippen molar-refractivity contribution in [2.75, 3.05) is 5.73 Å². The fourth-order valence-electron chi connectivity index (χ4n) is 1.97. The lowest BCUT2D eigenvalue weighted by atomic mass is 9.86. The zero-order valence-corrected chi connectivity index (χ0v) is 11.2. The fourth-order valence-corrected chi connectivity index (χ4v) is 1.97. The van der Waals surface area contributed by atoms with Crippen molar-refractivity contribution in [2.24, 2.45) is 5.92 Å². The van der Waals surface area contributed by atoms with Crippen LogP contribution < -0.4 is 5.73 Å². The van der Waals surface area contributed by atoms with Gasteiger partial charge in [0, 0.05) is 5.69 Å². The second-order valence-electron chi connectivity index (χ2n) is 5.27. The fraction of sp³-hybridized carbons (Fsp3) is 0.571. The predicted octanol–water partition coefficient (Wildman–Crippen LogP) is 3.85. The molecule has 0 aromatic heterocycles. The number of rotatable bonds is 5. The second-order valence-corrected chi connectivity index (χ2v) is 5.27. The lowest BCUT2D eigenvalue weighted by Gasteiger charge is -2.31. The van der Waals surface area contributed by atoms with Gasteiger partial charge in [-0.3, -0.25) is 0 Å². The van der Waals surface area contributed by atoms with Gasteiger partial charge < -0.3 is 10.8 Å². The number of alkyl halides is 3. The van der Waals surface area contributed by atoms with Crippen molar-refractivity contribution in [2.45, 2.75) is 44.9 Å². The molecule has 0 heterocycles. The zero-order valence-electron chi connectivity index (χ0n) is 11.2. The Morgan fingerprint density at radius 2 is 1.68 bits per heavy atom. The van der Waals surface area contributed by atoms with Crippen molar-refractivity contribution < 1.29 is 18.3 Å². The summed E-state index contributed by atoms with van der Waals surface area (Å²) in [4.78, 5) is 0. The Bertz CT molecular complexity index is 400. The summed E-state index contributed by atoms with van der Waals surface area (Å²) in [5.74, 6) is 0.309. The molecule has 1 unspecified atom stereocenters. The molecule has 0 radical (unpaired) electrons. The van der Waals surface area contributed by atoms with Crippen molar-refractivity contribution in [1.82, 2.24) is 0 Å². The number of hydrogen-bond acceptors (Lipinski definition) is 2. The van der Waals surface area contributed by atoms with Crippen molar-refractivity contribution in [3.8, 4) is 0 Å². The first-order valence-electron chi connectivity index (χ1n) is 6.32. The van der Waals surface area contributed by atoms with E-state index < -0.39 is 11.8 Å². The maximum absolute atomic E-state index is 13.1. The van der Waals surface area contributed by atoms with Gasteiger partial charge in [-0.15, -0.1) is 0 Å². The largest absolute Gasteiger partial charge is 0.421 e. The third kappa shape index (κ3) is 3.86. The van der Waals surface area contributed by atoms with Crippen molar-refractivity contribution in [1.29, 1.82) is 0 Å². The first-order chi connectivity index (χ1) is 8.67. The average Bonchev–Trinajstić information content (AvgIpc) is 2.27. The Hall–Kier alpha value is -1.23. The van der Waals surface area contributed by atoms with Crippen molar-refractivity contribution in [3.63, 3.8) is 0 Å². The summed E-state index contributed by atoms with van der Waals surface area (Å²) in [6.07, 6.45) is -4.07. The predicted molar refractivity (Wildman–Crippen MR) is 69.5 cm³/mol. The molecule has 19 heavy (non-hydrogen) atoms. The summed E-state index contributed by atoms with van der Waals surface area (Å²) >= 11 is 0. The Morgan fingerprint density at radius 1 is 1.16 bits per heavy atom. The van der Waals surface area contributed by atoms with Gasteiger partial charge in [0.15, 0.2) is 5.60 Å². The maximum atomic E-state index is 13.1. The number of nitrogens with two attached hydrogens (primary N) is 1.